The second-order valence-electron chi connectivity index (χ2n) is 6.16. The number of amides is 2. The third-order valence-corrected chi connectivity index (χ3v) is 4.20. The number of ether oxygens (including phenoxy) is 1. The van der Waals surface area contributed by atoms with Gasteiger partial charge in [0.05, 0.1) is 19.3 Å². The van der Waals surface area contributed by atoms with Crippen molar-refractivity contribution in [2.24, 2.45) is 0 Å². The van der Waals surface area contributed by atoms with Gasteiger partial charge in [-0.15, -0.1) is 0 Å². The summed E-state index contributed by atoms with van der Waals surface area (Å²) in [4.78, 5) is 23.9. The minimum atomic E-state index is -0.647. The van der Waals surface area contributed by atoms with Crippen molar-refractivity contribution < 1.29 is 19.4 Å². The van der Waals surface area contributed by atoms with Crippen molar-refractivity contribution in [3.8, 4) is 0 Å². The molecule has 2 amide bonds. The molecule has 6 nitrogen and oxygen atoms in total. The predicted octanol–water partition coefficient (Wildman–Crippen LogP) is 1.22. The number of carbonyl (C=O) groups is 2. The van der Waals surface area contributed by atoms with E-state index in [9.17, 15) is 9.59 Å². The highest BCUT2D eigenvalue weighted by Crippen LogP contribution is 2.18. The molecule has 2 rings (SSSR count). The molecule has 1 aromatic rings. The molecule has 0 bridgehead atoms. The van der Waals surface area contributed by atoms with E-state index >= 15 is 0 Å². The highest BCUT2D eigenvalue weighted by atomic mass is 16.5. The number of aliphatic hydroxyl groups excluding tert-OH is 1. The van der Waals surface area contributed by atoms with E-state index in [4.69, 9.17) is 9.84 Å². The van der Waals surface area contributed by atoms with E-state index in [1.807, 2.05) is 31.2 Å². The van der Waals surface area contributed by atoms with E-state index in [1.165, 1.54) is 0 Å². The molecule has 0 heterocycles. The molecule has 1 atom stereocenters. The van der Waals surface area contributed by atoms with Gasteiger partial charge in [-0.1, -0.05) is 42.7 Å². The fourth-order valence-corrected chi connectivity index (χ4v) is 2.84. The molecule has 0 aliphatic heterocycles. The van der Waals surface area contributed by atoms with E-state index in [0.29, 0.717) is 0 Å². The van der Waals surface area contributed by atoms with E-state index in [0.717, 1.165) is 36.8 Å². The summed E-state index contributed by atoms with van der Waals surface area (Å²) in [6, 6.07) is 7.87. The SMILES string of the molecule is Cc1ccc([C@@H](CNC(=O)C(=O)NC2CCCC2)OCCO)cc1. The van der Waals surface area contributed by atoms with Gasteiger partial charge < -0.3 is 20.5 Å². The van der Waals surface area contributed by atoms with Gasteiger partial charge in [0.15, 0.2) is 0 Å². The average molecular weight is 334 g/mol. The molecule has 6 heteroatoms. The lowest BCUT2D eigenvalue weighted by Crippen LogP contribution is -2.44. The minimum absolute atomic E-state index is 0.0987. The normalized spacial score (nSPS) is 15.9. The maximum atomic E-state index is 12.0. The Hall–Kier alpha value is -1.92. The molecule has 1 aliphatic rings. The molecule has 0 unspecified atom stereocenters. The van der Waals surface area contributed by atoms with Crippen molar-refractivity contribution in [2.75, 3.05) is 19.8 Å². The number of aliphatic hydroxyl groups is 1. The number of benzene rings is 1. The molecule has 132 valence electrons. The molecule has 1 aliphatic carbocycles. The maximum Gasteiger partial charge on any atom is 0.309 e. The Balaban J connectivity index is 1.87. The Kier molecular flexibility index (Phi) is 7.21. The Labute approximate surface area is 142 Å². The summed E-state index contributed by atoms with van der Waals surface area (Å²) in [5.41, 5.74) is 2.02. The van der Waals surface area contributed by atoms with Crippen LogP contribution in [0.5, 0.6) is 0 Å². The van der Waals surface area contributed by atoms with Gasteiger partial charge in [0.1, 0.15) is 0 Å². The first-order chi connectivity index (χ1) is 11.6. The standard InChI is InChI=1S/C18H26N2O4/c1-13-6-8-14(9-7-13)16(24-11-10-21)12-19-17(22)18(23)20-15-4-2-3-5-15/h6-9,15-16,21H,2-5,10-12H2,1H3,(H,19,22)(H,20,23)/t16-/m1/s1. The van der Waals surface area contributed by atoms with Gasteiger partial charge in [-0.2, -0.15) is 0 Å². The zero-order valence-electron chi connectivity index (χ0n) is 14.1. The maximum absolute atomic E-state index is 12.0. The zero-order valence-corrected chi connectivity index (χ0v) is 14.1. The largest absolute Gasteiger partial charge is 0.394 e. The average Bonchev–Trinajstić information content (AvgIpc) is 3.08. The Bertz CT molecular complexity index is 538. The molecular formula is C18H26N2O4. The van der Waals surface area contributed by atoms with Crippen LogP contribution in [0.2, 0.25) is 0 Å². The molecule has 0 spiro atoms. The van der Waals surface area contributed by atoms with Crippen LogP contribution in [0.4, 0.5) is 0 Å². The van der Waals surface area contributed by atoms with Gasteiger partial charge in [0.2, 0.25) is 0 Å². The van der Waals surface area contributed by atoms with Crippen molar-refractivity contribution in [3.05, 3.63) is 35.4 Å². The van der Waals surface area contributed by atoms with E-state index in [-0.39, 0.29) is 25.8 Å². The first kappa shape index (κ1) is 18.4. The van der Waals surface area contributed by atoms with Crippen LogP contribution in [0.15, 0.2) is 24.3 Å². The number of rotatable bonds is 7. The molecule has 1 aromatic carbocycles. The van der Waals surface area contributed by atoms with Crippen LogP contribution in [0, 0.1) is 6.92 Å². The van der Waals surface area contributed by atoms with Crippen LogP contribution in [0.3, 0.4) is 0 Å². The quantitative estimate of drug-likeness (QED) is 0.654. The second-order valence-corrected chi connectivity index (χ2v) is 6.16. The molecule has 0 radical (unpaired) electrons. The van der Waals surface area contributed by atoms with Crippen LogP contribution in [-0.2, 0) is 14.3 Å². The number of aryl methyl sites for hydroxylation is 1. The van der Waals surface area contributed by atoms with Crippen LogP contribution in [0.25, 0.3) is 0 Å². The molecular weight excluding hydrogens is 308 g/mol. The highest BCUT2D eigenvalue weighted by molar-refractivity contribution is 6.35. The molecule has 1 saturated carbocycles. The highest BCUT2D eigenvalue weighted by Gasteiger charge is 2.22. The Morgan fingerprint density at radius 3 is 2.50 bits per heavy atom. The molecule has 3 N–H and O–H groups in total. The minimum Gasteiger partial charge on any atom is -0.394 e. The molecule has 24 heavy (non-hydrogen) atoms. The van der Waals surface area contributed by atoms with Crippen molar-refractivity contribution in [1.29, 1.82) is 0 Å². The molecule has 0 saturated heterocycles. The summed E-state index contributed by atoms with van der Waals surface area (Å²) in [6.07, 6.45) is 3.66. The predicted molar refractivity (Wildman–Crippen MR) is 90.4 cm³/mol. The third-order valence-electron chi connectivity index (χ3n) is 4.20. The van der Waals surface area contributed by atoms with E-state index in [2.05, 4.69) is 10.6 Å². The van der Waals surface area contributed by atoms with Gasteiger partial charge in [0.25, 0.3) is 0 Å². The lowest BCUT2D eigenvalue weighted by atomic mass is 10.1. The topological polar surface area (TPSA) is 87.7 Å². The summed E-state index contributed by atoms with van der Waals surface area (Å²) in [5, 5.41) is 14.3. The first-order valence-corrected chi connectivity index (χ1v) is 8.48. The summed E-state index contributed by atoms with van der Waals surface area (Å²) in [7, 11) is 0. The van der Waals surface area contributed by atoms with Crippen LogP contribution >= 0.6 is 0 Å². The second kappa shape index (κ2) is 9.39. The summed E-state index contributed by atoms with van der Waals surface area (Å²) < 4.78 is 5.58. The summed E-state index contributed by atoms with van der Waals surface area (Å²) >= 11 is 0. The zero-order chi connectivity index (χ0) is 17.4. The van der Waals surface area contributed by atoms with Crippen molar-refractivity contribution in [2.45, 2.75) is 44.8 Å². The van der Waals surface area contributed by atoms with E-state index in [1.54, 1.807) is 0 Å². The van der Waals surface area contributed by atoms with Gasteiger partial charge in [-0.25, -0.2) is 0 Å². The van der Waals surface area contributed by atoms with Crippen LogP contribution in [0.1, 0.15) is 42.9 Å². The number of nitrogens with one attached hydrogen (secondary N) is 2. The van der Waals surface area contributed by atoms with Gasteiger partial charge in [-0.3, -0.25) is 9.59 Å². The number of carbonyl (C=O) groups excluding carboxylic acids is 2. The molecule has 0 aromatic heterocycles. The fourth-order valence-electron chi connectivity index (χ4n) is 2.84. The van der Waals surface area contributed by atoms with Crippen molar-refractivity contribution >= 4 is 11.8 Å². The van der Waals surface area contributed by atoms with E-state index < -0.39 is 17.9 Å². The summed E-state index contributed by atoms with van der Waals surface area (Å²) in [6.45, 7) is 2.24. The number of hydrogen-bond donors (Lipinski definition) is 3. The lowest BCUT2D eigenvalue weighted by molar-refractivity contribution is -0.140. The number of hydrogen-bond acceptors (Lipinski definition) is 4. The van der Waals surface area contributed by atoms with Gasteiger partial charge in [0, 0.05) is 12.6 Å². The van der Waals surface area contributed by atoms with Crippen molar-refractivity contribution in [1.82, 2.24) is 10.6 Å². The third kappa shape index (κ3) is 5.62. The van der Waals surface area contributed by atoms with Crippen LogP contribution < -0.4 is 10.6 Å². The summed E-state index contributed by atoms with van der Waals surface area (Å²) in [5.74, 6) is -1.24. The molecule has 1 fully saturated rings. The van der Waals surface area contributed by atoms with Gasteiger partial charge in [-0.05, 0) is 25.3 Å². The van der Waals surface area contributed by atoms with Gasteiger partial charge >= 0.3 is 11.8 Å². The monoisotopic (exact) mass is 334 g/mol. The Morgan fingerprint density at radius 2 is 1.88 bits per heavy atom. The Morgan fingerprint density at radius 1 is 1.21 bits per heavy atom. The lowest BCUT2D eigenvalue weighted by Gasteiger charge is -2.19. The smallest absolute Gasteiger partial charge is 0.309 e. The first-order valence-electron chi connectivity index (χ1n) is 8.48. The fraction of sp³-hybridized carbons (Fsp3) is 0.556. The van der Waals surface area contributed by atoms with Crippen molar-refractivity contribution in [3.63, 3.8) is 0 Å². The van der Waals surface area contributed by atoms with Crippen LogP contribution in [-0.4, -0.2) is 42.7 Å².